The fourth-order valence-corrected chi connectivity index (χ4v) is 2.88. The van der Waals surface area contributed by atoms with Crippen molar-refractivity contribution < 1.29 is 4.79 Å². The summed E-state index contributed by atoms with van der Waals surface area (Å²) in [5.74, 6) is 0.458. The van der Waals surface area contributed by atoms with E-state index in [1.54, 1.807) is 11.3 Å². The molecule has 1 aromatic heterocycles. The summed E-state index contributed by atoms with van der Waals surface area (Å²) in [6.45, 7) is 3.72. The molecule has 1 atom stereocenters. The lowest BCUT2D eigenvalue weighted by molar-refractivity contribution is 0.0950. The maximum atomic E-state index is 12.1. The molecule has 0 fully saturated rings. The quantitative estimate of drug-likeness (QED) is 0.869. The van der Waals surface area contributed by atoms with Crippen molar-refractivity contribution in [2.24, 2.45) is 5.92 Å². The molecular formula is C14H18N2OS. The van der Waals surface area contributed by atoms with Gasteiger partial charge in [-0.2, -0.15) is 0 Å². The van der Waals surface area contributed by atoms with E-state index in [2.05, 4.69) is 17.6 Å². The molecule has 2 aromatic rings. The molecule has 1 heterocycles. The Bertz CT molecular complexity index is 535. The molecule has 1 amide bonds. The highest BCUT2D eigenvalue weighted by Crippen LogP contribution is 2.25. The van der Waals surface area contributed by atoms with Gasteiger partial charge in [-0.15, -0.1) is 11.3 Å². The summed E-state index contributed by atoms with van der Waals surface area (Å²) >= 11 is 1.61. The van der Waals surface area contributed by atoms with Gasteiger partial charge in [0.25, 0.3) is 5.91 Å². The van der Waals surface area contributed by atoms with Crippen LogP contribution in [0, 0.1) is 5.92 Å². The van der Waals surface area contributed by atoms with Gasteiger partial charge in [-0.1, -0.05) is 25.1 Å². The first-order valence-electron chi connectivity index (χ1n) is 6.11. The number of nitrogens with one attached hydrogen (secondary N) is 2. The fraction of sp³-hybridized carbons (Fsp3) is 0.357. The van der Waals surface area contributed by atoms with Crippen LogP contribution >= 0.6 is 11.3 Å². The Morgan fingerprint density at radius 2 is 2.11 bits per heavy atom. The van der Waals surface area contributed by atoms with Crippen LogP contribution in [0.5, 0.6) is 0 Å². The van der Waals surface area contributed by atoms with Crippen LogP contribution in [0.25, 0.3) is 10.1 Å². The van der Waals surface area contributed by atoms with Gasteiger partial charge in [0.15, 0.2) is 0 Å². The zero-order valence-corrected chi connectivity index (χ0v) is 11.5. The molecule has 1 aromatic carbocycles. The largest absolute Gasteiger partial charge is 0.352 e. The van der Waals surface area contributed by atoms with Crippen LogP contribution in [-0.2, 0) is 0 Å². The third-order valence-corrected chi connectivity index (χ3v) is 3.85. The van der Waals surface area contributed by atoms with E-state index in [9.17, 15) is 4.79 Å². The molecule has 0 aliphatic heterocycles. The van der Waals surface area contributed by atoms with Gasteiger partial charge in [0.2, 0.25) is 0 Å². The molecule has 0 saturated heterocycles. The molecule has 96 valence electrons. The van der Waals surface area contributed by atoms with Gasteiger partial charge < -0.3 is 10.6 Å². The number of amides is 1. The Morgan fingerprint density at radius 1 is 1.33 bits per heavy atom. The molecule has 0 bridgehead atoms. The van der Waals surface area contributed by atoms with Crippen molar-refractivity contribution in [2.45, 2.75) is 6.92 Å². The predicted molar refractivity (Wildman–Crippen MR) is 77.2 cm³/mol. The minimum Gasteiger partial charge on any atom is -0.352 e. The monoisotopic (exact) mass is 262 g/mol. The Hall–Kier alpha value is -1.39. The van der Waals surface area contributed by atoms with E-state index >= 15 is 0 Å². The Labute approximate surface area is 111 Å². The molecule has 18 heavy (non-hydrogen) atoms. The average Bonchev–Trinajstić information content (AvgIpc) is 2.80. The van der Waals surface area contributed by atoms with Crippen LogP contribution in [-0.4, -0.2) is 26.0 Å². The topological polar surface area (TPSA) is 41.1 Å². The number of benzene rings is 1. The predicted octanol–water partition coefficient (Wildman–Crippen LogP) is 2.49. The lowest BCUT2D eigenvalue weighted by Gasteiger charge is -2.11. The second kappa shape index (κ2) is 5.98. The van der Waals surface area contributed by atoms with Crippen molar-refractivity contribution >= 4 is 27.3 Å². The number of hydrogen-bond donors (Lipinski definition) is 2. The van der Waals surface area contributed by atoms with Crippen LogP contribution in [0.3, 0.4) is 0 Å². The molecule has 4 heteroatoms. The van der Waals surface area contributed by atoms with Crippen molar-refractivity contribution in [2.75, 3.05) is 20.1 Å². The molecule has 0 aliphatic rings. The maximum absolute atomic E-state index is 12.1. The first-order valence-corrected chi connectivity index (χ1v) is 6.99. The molecule has 1 unspecified atom stereocenters. The van der Waals surface area contributed by atoms with Gasteiger partial charge >= 0.3 is 0 Å². The van der Waals surface area contributed by atoms with Gasteiger partial charge in [-0.3, -0.25) is 4.79 Å². The summed E-state index contributed by atoms with van der Waals surface area (Å²) < 4.78 is 1.16. The average molecular weight is 262 g/mol. The van der Waals surface area contributed by atoms with E-state index in [1.807, 2.05) is 36.7 Å². The first kappa shape index (κ1) is 13.1. The second-order valence-electron chi connectivity index (χ2n) is 4.52. The van der Waals surface area contributed by atoms with Gasteiger partial charge in [0.05, 0.1) is 5.56 Å². The van der Waals surface area contributed by atoms with Crippen LogP contribution in [0.2, 0.25) is 0 Å². The minimum atomic E-state index is 0.0235. The van der Waals surface area contributed by atoms with Crippen molar-refractivity contribution in [1.29, 1.82) is 0 Å². The summed E-state index contributed by atoms with van der Waals surface area (Å²) in [5.41, 5.74) is 0.784. The summed E-state index contributed by atoms with van der Waals surface area (Å²) in [5, 5.41) is 9.07. The number of carbonyl (C=O) groups is 1. The number of fused-ring (bicyclic) bond motifs is 1. The third kappa shape index (κ3) is 2.89. The normalized spacial score (nSPS) is 12.6. The first-order chi connectivity index (χ1) is 8.72. The number of carbonyl (C=O) groups excluding carboxylic acids is 1. The summed E-state index contributed by atoms with van der Waals surface area (Å²) in [6, 6.07) is 8.00. The van der Waals surface area contributed by atoms with Crippen molar-refractivity contribution in [3.05, 3.63) is 35.2 Å². The molecule has 0 saturated carbocycles. The van der Waals surface area contributed by atoms with E-state index in [0.29, 0.717) is 12.5 Å². The molecule has 0 spiro atoms. The van der Waals surface area contributed by atoms with Crippen molar-refractivity contribution in [1.82, 2.24) is 10.6 Å². The van der Waals surface area contributed by atoms with Gasteiger partial charge in [0.1, 0.15) is 0 Å². The lowest BCUT2D eigenvalue weighted by Crippen LogP contribution is -2.32. The van der Waals surface area contributed by atoms with Crippen LogP contribution in [0.15, 0.2) is 29.6 Å². The Balaban J connectivity index is 2.05. The van der Waals surface area contributed by atoms with E-state index in [-0.39, 0.29) is 5.91 Å². The Morgan fingerprint density at radius 3 is 2.89 bits per heavy atom. The highest BCUT2D eigenvalue weighted by atomic mass is 32.1. The van der Waals surface area contributed by atoms with Gasteiger partial charge in [-0.05, 0) is 25.6 Å². The molecule has 0 radical (unpaired) electrons. The van der Waals surface area contributed by atoms with Crippen molar-refractivity contribution in [3.63, 3.8) is 0 Å². The zero-order valence-electron chi connectivity index (χ0n) is 10.7. The second-order valence-corrected chi connectivity index (χ2v) is 5.43. The standard InChI is InChI=1S/C14H18N2OS/c1-10(7-15-2)8-16-14(17)12-9-18-13-6-4-3-5-11(12)13/h3-6,9-10,15H,7-8H2,1-2H3,(H,16,17). The van der Waals surface area contributed by atoms with Crippen molar-refractivity contribution in [3.8, 4) is 0 Å². The summed E-state index contributed by atoms with van der Waals surface area (Å²) in [7, 11) is 1.92. The molecule has 2 rings (SSSR count). The molecule has 3 nitrogen and oxygen atoms in total. The fourth-order valence-electron chi connectivity index (χ4n) is 1.94. The highest BCUT2D eigenvalue weighted by Gasteiger charge is 2.12. The van der Waals surface area contributed by atoms with Crippen LogP contribution in [0.4, 0.5) is 0 Å². The van der Waals surface area contributed by atoms with E-state index in [1.165, 1.54) is 0 Å². The highest BCUT2D eigenvalue weighted by molar-refractivity contribution is 7.17. The van der Waals surface area contributed by atoms with E-state index in [0.717, 1.165) is 22.2 Å². The molecule has 0 aliphatic carbocycles. The summed E-state index contributed by atoms with van der Waals surface area (Å²) in [6.07, 6.45) is 0. The number of rotatable bonds is 5. The minimum absolute atomic E-state index is 0.0235. The third-order valence-electron chi connectivity index (χ3n) is 2.89. The van der Waals surface area contributed by atoms with E-state index < -0.39 is 0 Å². The maximum Gasteiger partial charge on any atom is 0.252 e. The van der Waals surface area contributed by atoms with Gasteiger partial charge in [0, 0.05) is 22.0 Å². The number of thiophene rings is 1. The molecule has 2 N–H and O–H groups in total. The SMILES string of the molecule is CNCC(C)CNC(=O)c1csc2ccccc12. The number of hydrogen-bond acceptors (Lipinski definition) is 3. The smallest absolute Gasteiger partial charge is 0.252 e. The molecular weight excluding hydrogens is 244 g/mol. The van der Waals surface area contributed by atoms with Crippen LogP contribution in [0.1, 0.15) is 17.3 Å². The summed E-state index contributed by atoms with van der Waals surface area (Å²) in [4.78, 5) is 12.1. The van der Waals surface area contributed by atoms with Crippen LogP contribution < -0.4 is 10.6 Å². The van der Waals surface area contributed by atoms with E-state index in [4.69, 9.17) is 0 Å². The lowest BCUT2D eigenvalue weighted by atomic mass is 10.1. The van der Waals surface area contributed by atoms with Gasteiger partial charge in [-0.25, -0.2) is 0 Å². The zero-order chi connectivity index (χ0) is 13.0. The Kier molecular flexibility index (Phi) is 4.33.